The summed E-state index contributed by atoms with van der Waals surface area (Å²) in [6, 6.07) is 12.6. The highest BCUT2D eigenvalue weighted by Gasteiger charge is 2.16. The second kappa shape index (κ2) is 9.78. The fourth-order valence-electron chi connectivity index (χ4n) is 2.55. The van der Waals surface area contributed by atoms with Gasteiger partial charge in [-0.15, -0.1) is 5.10 Å². The van der Waals surface area contributed by atoms with Gasteiger partial charge in [0.25, 0.3) is 0 Å². The first-order valence-corrected chi connectivity index (χ1v) is 9.80. The molecule has 0 saturated carbocycles. The third-order valence-corrected chi connectivity index (χ3v) is 4.77. The van der Waals surface area contributed by atoms with E-state index in [4.69, 9.17) is 14.2 Å². The Balaban J connectivity index is 1.72. The topological polar surface area (TPSA) is 100 Å². The third kappa shape index (κ3) is 4.96. The quantitative estimate of drug-likeness (QED) is 0.533. The number of hydrogen-bond donors (Lipinski definition) is 1. The molecule has 1 amide bonds. The summed E-state index contributed by atoms with van der Waals surface area (Å²) >= 11 is 1.21. The van der Waals surface area contributed by atoms with Crippen molar-refractivity contribution >= 4 is 23.4 Å². The number of carbonyl (C=O) groups excluding carboxylic acids is 1. The third-order valence-electron chi connectivity index (χ3n) is 3.85. The lowest BCUT2D eigenvalue weighted by Crippen LogP contribution is -2.15. The van der Waals surface area contributed by atoms with Gasteiger partial charge >= 0.3 is 0 Å². The first kappa shape index (κ1) is 20.5. The van der Waals surface area contributed by atoms with Crippen LogP contribution >= 0.6 is 11.8 Å². The van der Waals surface area contributed by atoms with E-state index in [0.29, 0.717) is 40.4 Å². The van der Waals surface area contributed by atoms with E-state index in [9.17, 15) is 4.79 Å². The summed E-state index contributed by atoms with van der Waals surface area (Å²) in [4.78, 5) is 12.4. The van der Waals surface area contributed by atoms with Gasteiger partial charge < -0.3 is 19.5 Å². The summed E-state index contributed by atoms with van der Waals surface area (Å²) in [6.07, 6.45) is 0. The van der Waals surface area contributed by atoms with Gasteiger partial charge in [0.15, 0.2) is 0 Å². The van der Waals surface area contributed by atoms with Crippen LogP contribution in [-0.2, 0) is 4.79 Å². The Kier molecular flexibility index (Phi) is 6.90. The number of nitrogens with zero attached hydrogens (tertiary/aromatic N) is 4. The molecule has 0 saturated heterocycles. The van der Waals surface area contributed by atoms with Crippen LogP contribution in [0.3, 0.4) is 0 Å². The molecule has 0 radical (unpaired) electrons. The van der Waals surface area contributed by atoms with Crippen molar-refractivity contribution in [3.8, 4) is 22.9 Å². The van der Waals surface area contributed by atoms with E-state index >= 15 is 0 Å². The number of thioether (sulfide) groups is 1. The molecule has 0 atom stereocenters. The molecule has 2 aromatic carbocycles. The lowest BCUT2D eigenvalue weighted by Gasteiger charge is -2.12. The Morgan fingerprint density at radius 2 is 1.97 bits per heavy atom. The Morgan fingerprint density at radius 1 is 1.14 bits per heavy atom. The second-order valence-corrected chi connectivity index (χ2v) is 6.62. The molecule has 152 valence electrons. The summed E-state index contributed by atoms with van der Waals surface area (Å²) in [5.41, 5.74) is 1.23. The van der Waals surface area contributed by atoms with Crippen LogP contribution in [-0.4, -0.2) is 52.7 Å². The van der Waals surface area contributed by atoms with E-state index in [-0.39, 0.29) is 11.7 Å². The minimum atomic E-state index is -0.200. The largest absolute Gasteiger partial charge is 0.497 e. The Labute approximate surface area is 172 Å². The number of methoxy groups -OCH3 is 2. The molecule has 0 spiro atoms. The number of rotatable bonds is 9. The van der Waals surface area contributed by atoms with Crippen molar-refractivity contribution in [3.05, 3.63) is 42.5 Å². The van der Waals surface area contributed by atoms with Gasteiger partial charge in [0, 0.05) is 6.07 Å². The van der Waals surface area contributed by atoms with Gasteiger partial charge in [0.05, 0.1) is 32.3 Å². The number of benzene rings is 2. The molecule has 29 heavy (non-hydrogen) atoms. The normalized spacial score (nSPS) is 10.4. The maximum absolute atomic E-state index is 12.4. The molecule has 3 aromatic rings. The van der Waals surface area contributed by atoms with Gasteiger partial charge in [-0.1, -0.05) is 23.9 Å². The highest BCUT2D eigenvalue weighted by molar-refractivity contribution is 7.99. The van der Waals surface area contributed by atoms with Gasteiger partial charge in [-0.3, -0.25) is 4.79 Å². The molecule has 1 heterocycles. The van der Waals surface area contributed by atoms with E-state index in [1.165, 1.54) is 16.4 Å². The minimum Gasteiger partial charge on any atom is -0.497 e. The molecule has 0 fully saturated rings. The standard InChI is InChI=1S/C19H21N5O4S/c1-4-28-16-8-6-5-7-14(16)20-18(25)12-29-19-21-22-23-24(19)15-11-13(26-2)9-10-17(15)27-3/h5-11H,4,12H2,1-3H3,(H,20,25). The molecule has 9 nitrogen and oxygen atoms in total. The van der Waals surface area contributed by atoms with Gasteiger partial charge in [0.1, 0.15) is 22.9 Å². The first-order valence-electron chi connectivity index (χ1n) is 8.81. The Morgan fingerprint density at radius 3 is 2.72 bits per heavy atom. The van der Waals surface area contributed by atoms with Gasteiger partial charge in [0.2, 0.25) is 11.1 Å². The molecular formula is C19H21N5O4S. The summed E-state index contributed by atoms with van der Waals surface area (Å²) in [6.45, 7) is 2.40. The molecule has 0 aliphatic heterocycles. The van der Waals surface area contributed by atoms with Crippen LogP contribution in [0.15, 0.2) is 47.6 Å². The predicted molar refractivity (Wildman–Crippen MR) is 109 cm³/mol. The van der Waals surface area contributed by atoms with E-state index in [0.717, 1.165) is 0 Å². The summed E-state index contributed by atoms with van der Waals surface area (Å²) in [7, 11) is 3.14. The number of anilines is 1. The maximum Gasteiger partial charge on any atom is 0.234 e. The van der Waals surface area contributed by atoms with Crippen molar-refractivity contribution in [2.45, 2.75) is 12.1 Å². The number of amides is 1. The predicted octanol–water partition coefficient (Wildman–Crippen LogP) is 2.81. The van der Waals surface area contributed by atoms with E-state index in [1.54, 1.807) is 38.5 Å². The maximum atomic E-state index is 12.4. The van der Waals surface area contributed by atoms with E-state index in [2.05, 4.69) is 20.8 Å². The number of para-hydroxylation sites is 2. The van der Waals surface area contributed by atoms with Crippen LogP contribution in [0.4, 0.5) is 5.69 Å². The van der Waals surface area contributed by atoms with Crippen LogP contribution in [0.1, 0.15) is 6.92 Å². The number of nitrogens with one attached hydrogen (secondary N) is 1. The summed E-state index contributed by atoms with van der Waals surface area (Å²) < 4.78 is 17.7. The van der Waals surface area contributed by atoms with E-state index in [1.807, 2.05) is 25.1 Å². The highest BCUT2D eigenvalue weighted by Crippen LogP contribution is 2.30. The van der Waals surface area contributed by atoms with Crippen LogP contribution < -0.4 is 19.5 Å². The fraction of sp³-hybridized carbons (Fsp3) is 0.263. The Hall–Kier alpha value is -3.27. The number of aromatic nitrogens is 4. The zero-order valence-electron chi connectivity index (χ0n) is 16.3. The molecule has 0 unspecified atom stereocenters. The van der Waals surface area contributed by atoms with Gasteiger partial charge in [-0.2, -0.15) is 4.68 Å². The summed E-state index contributed by atoms with van der Waals surface area (Å²) in [5, 5.41) is 15.1. The second-order valence-electron chi connectivity index (χ2n) is 5.68. The minimum absolute atomic E-state index is 0.118. The highest BCUT2D eigenvalue weighted by atomic mass is 32.2. The average molecular weight is 415 g/mol. The fourth-order valence-corrected chi connectivity index (χ4v) is 3.23. The smallest absolute Gasteiger partial charge is 0.234 e. The zero-order chi connectivity index (χ0) is 20.6. The molecule has 1 aromatic heterocycles. The molecule has 0 aliphatic rings. The number of hydrogen-bond acceptors (Lipinski definition) is 8. The lowest BCUT2D eigenvalue weighted by molar-refractivity contribution is -0.113. The molecular weight excluding hydrogens is 394 g/mol. The van der Waals surface area contributed by atoms with Crippen molar-refractivity contribution in [2.24, 2.45) is 0 Å². The SMILES string of the molecule is CCOc1ccccc1NC(=O)CSc1nnnn1-c1cc(OC)ccc1OC. The van der Waals surface area contributed by atoms with Crippen molar-refractivity contribution in [3.63, 3.8) is 0 Å². The Bertz CT molecular complexity index is 979. The molecule has 0 aliphatic carbocycles. The molecule has 0 bridgehead atoms. The van der Waals surface area contributed by atoms with Gasteiger partial charge in [-0.05, 0) is 41.6 Å². The van der Waals surface area contributed by atoms with Crippen molar-refractivity contribution in [1.82, 2.24) is 20.2 Å². The molecule has 10 heteroatoms. The molecule has 1 N–H and O–H groups in total. The van der Waals surface area contributed by atoms with Crippen molar-refractivity contribution < 1.29 is 19.0 Å². The van der Waals surface area contributed by atoms with Crippen LogP contribution in [0.2, 0.25) is 0 Å². The zero-order valence-corrected chi connectivity index (χ0v) is 17.1. The number of ether oxygens (including phenoxy) is 3. The van der Waals surface area contributed by atoms with Crippen LogP contribution in [0.25, 0.3) is 5.69 Å². The van der Waals surface area contributed by atoms with E-state index < -0.39 is 0 Å². The van der Waals surface area contributed by atoms with Gasteiger partial charge in [-0.25, -0.2) is 0 Å². The summed E-state index contributed by atoms with van der Waals surface area (Å²) in [5.74, 6) is 1.76. The van der Waals surface area contributed by atoms with Crippen LogP contribution in [0, 0.1) is 0 Å². The van der Waals surface area contributed by atoms with Crippen LogP contribution in [0.5, 0.6) is 17.2 Å². The average Bonchev–Trinajstić information content (AvgIpc) is 3.22. The first-order chi connectivity index (χ1) is 14.2. The van der Waals surface area contributed by atoms with Crippen molar-refractivity contribution in [1.29, 1.82) is 0 Å². The number of carbonyl (C=O) groups is 1. The monoisotopic (exact) mass is 415 g/mol. The molecule has 3 rings (SSSR count). The van der Waals surface area contributed by atoms with Crippen molar-refractivity contribution in [2.75, 3.05) is 31.9 Å². The number of tetrazole rings is 1. The lowest BCUT2D eigenvalue weighted by atomic mass is 10.3.